The maximum atomic E-state index is 13.1. The summed E-state index contributed by atoms with van der Waals surface area (Å²) in [5, 5.41) is 4.32. The van der Waals surface area contributed by atoms with Gasteiger partial charge in [-0.1, -0.05) is 0 Å². The normalized spacial score (nSPS) is 13.7. The van der Waals surface area contributed by atoms with Crippen molar-refractivity contribution in [3.63, 3.8) is 0 Å². The lowest BCUT2D eigenvalue weighted by molar-refractivity contribution is 0.0532. The van der Waals surface area contributed by atoms with Crippen molar-refractivity contribution >= 4 is 11.8 Å². The monoisotopic (exact) mass is 438 g/mol. The predicted octanol–water partition coefficient (Wildman–Crippen LogP) is 2.63. The molecular weight excluding hydrogens is 415 g/mol. The second-order valence-electron chi connectivity index (χ2n) is 7.28. The number of hydrogen-bond acceptors (Lipinski definition) is 5. The third kappa shape index (κ3) is 4.27. The molecule has 166 valence electrons. The summed E-state index contributed by atoms with van der Waals surface area (Å²) in [6.07, 6.45) is 1.66. The number of ether oxygens (including phenoxy) is 2. The number of nitrogens with zero attached hydrogens (tertiary/aromatic N) is 4. The van der Waals surface area contributed by atoms with Crippen molar-refractivity contribution in [3.8, 4) is 17.2 Å². The van der Waals surface area contributed by atoms with Crippen LogP contribution in [0, 0.1) is 5.82 Å². The number of benzene rings is 2. The average Bonchev–Trinajstić information content (AvgIpc) is 3.33. The van der Waals surface area contributed by atoms with Gasteiger partial charge in [0.1, 0.15) is 5.82 Å². The molecule has 0 radical (unpaired) electrons. The number of hydrogen-bond donors (Lipinski definition) is 0. The number of carbonyl (C=O) groups excluding carboxylic acids is 2. The molecule has 0 saturated carbocycles. The molecule has 4 rings (SSSR count). The molecule has 1 aliphatic rings. The Labute approximate surface area is 184 Å². The first-order valence-corrected chi connectivity index (χ1v) is 10.1. The van der Waals surface area contributed by atoms with Gasteiger partial charge in [0.15, 0.2) is 17.2 Å². The topological polar surface area (TPSA) is 76.9 Å². The van der Waals surface area contributed by atoms with Crippen molar-refractivity contribution < 1.29 is 23.5 Å². The number of halogens is 1. The molecule has 0 spiro atoms. The van der Waals surface area contributed by atoms with E-state index < -0.39 is 0 Å². The van der Waals surface area contributed by atoms with Crippen LogP contribution in [0.1, 0.15) is 20.8 Å². The van der Waals surface area contributed by atoms with Gasteiger partial charge in [-0.25, -0.2) is 9.07 Å². The van der Waals surface area contributed by atoms with Crippen molar-refractivity contribution in [2.75, 3.05) is 40.4 Å². The highest BCUT2D eigenvalue weighted by Gasteiger charge is 2.27. The lowest BCUT2D eigenvalue weighted by Crippen LogP contribution is -2.50. The number of aromatic nitrogens is 2. The minimum Gasteiger partial charge on any atom is -0.493 e. The van der Waals surface area contributed by atoms with Crippen LogP contribution >= 0.6 is 0 Å². The van der Waals surface area contributed by atoms with Crippen LogP contribution in [0.3, 0.4) is 0 Å². The third-order valence-electron chi connectivity index (χ3n) is 5.38. The van der Waals surface area contributed by atoms with Crippen molar-refractivity contribution in [3.05, 3.63) is 71.8 Å². The molecule has 1 saturated heterocycles. The van der Waals surface area contributed by atoms with E-state index in [1.54, 1.807) is 52.4 Å². The molecule has 0 atom stereocenters. The summed E-state index contributed by atoms with van der Waals surface area (Å²) in [4.78, 5) is 29.1. The molecule has 3 aromatic rings. The van der Waals surface area contributed by atoms with E-state index in [9.17, 15) is 14.0 Å². The Morgan fingerprint density at radius 1 is 0.844 bits per heavy atom. The van der Waals surface area contributed by atoms with E-state index in [0.29, 0.717) is 54.6 Å². The zero-order chi connectivity index (χ0) is 22.7. The van der Waals surface area contributed by atoms with E-state index in [1.165, 1.54) is 31.0 Å². The molecule has 2 heterocycles. The largest absolute Gasteiger partial charge is 0.493 e. The highest BCUT2D eigenvalue weighted by molar-refractivity contribution is 5.95. The van der Waals surface area contributed by atoms with Gasteiger partial charge in [0, 0.05) is 37.9 Å². The third-order valence-corrected chi connectivity index (χ3v) is 5.38. The van der Waals surface area contributed by atoms with Gasteiger partial charge in [0.25, 0.3) is 11.8 Å². The molecule has 1 aliphatic heterocycles. The molecule has 0 N–H and O–H groups in total. The number of amides is 2. The van der Waals surface area contributed by atoms with Crippen molar-refractivity contribution in [1.82, 2.24) is 19.6 Å². The Morgan fingerprint density at radius 2 is 1.47 bits per heavy atom. The second kappa shape index (κ2) is 9.09. The minimum atomic E-state index is -0.335. The molecule has 32 heavy (non-hydrogen) atoms. The molecule has 0 aliphatic carbocycles. The zero-order valence-electron chi connectivity index (χ0n) is 17.8. The van der Waals surface area contributed by atoms with E-state index in [0.717, 1.165) is 0 Å². The SMILES string of the molecule is COc1ccc(C(=O)N2CCN(C(=O)c3ccn(-c4ccc(F)cc4)n3)CC2)cc1OC. The zero-order valence-corrected chi connectivity index (χ0v) is 17.8. The van der Waals surface area contributed by atoms with Gasteiger partial charge >= 0.3 is 0 Å². The summed E-state index contributed by atoms with van der Waals surface area (Å²) in [5.41, 5.74) is 1.46. The lowest BCUT2D eigenvalue weighted by atomic mass is 10.1. The van der Waals surface area contributed by atoms with Crippen LogP contribution in [0.2, 0.25) is 0 Å². The lowest BCUT2D eigenvalue weighted by Gasteiger charge is -2.34. The quantitative estimate of drug-likeness (QED) is 0.612. The molecule has 0 unspecified atom stereocenters. The molecule has 0 bridgehead atoms. The van der Waals surface area contributed by atoms with E-state index >= 15 is 0 Å². The molecule has 8 nitrogen and oxygen atoms in total. The van der Waals surface area contributed by atoms with Crippen molar-refractivity contribution in [2.24, 2.45) is 0 Å². The van der Waals surface area contributed by atoms with Gasteiger partial charge in [0.05, 0.1) is 19.9 Å². The van der Waals surface area contributed by atoms with Crippen LogP contribution in [0.4, 0.5) is 4.39 Å². The first kappa shape index (κ1) is 21.4. The van der Waals surface area contributed by atoms with Gasteiger partial charge in [-0.15, -0.1) is 0 Å². The van der Waals surface area contributed by atoms with E-state index in [-0.39, 0.29) is 17.6 Å². The molecule has 1 fully saturated rings. The number of rotatable bonds is 5. The van der Waals surface area contributed by atoms with Crippen LogP contribution in [0.15, 0.2) is 54.7 Å². The fourth-order valence-corrected chi connectivity index (χ4v) is 3.60. The standard InChI is InChI=1S/C23H23FN4O4/c1-31-20-8-3-16(15-21(20)32-2)22(29)26-11-13-27(14-12-26)23(30)19-9-10-28(25-19)18-6-4-17(24)5-7-18/h3-10,15H,11-14H2,1-2H3. The van der Waals surface area contributed by atoms with Crippen LogP contribution in [-0.4, -0.2) is 71.8 Å². The molecule has 2 aromatic carbocycles. The average molecular weight is 438 g/mol. The maximum absolute atomic E-state index is 13.1. The van der Waals surface area contributed by atoms with Crippen LogP contribution in [0.25, 0.3) is 5.69 Å². The first-order valence-electron chi connectivity index (χ1n) is 10.1. The summed E-state index contributed by atoms with van der Waals surface area (Å²) >= 11 is 0. The van der Waals surface area contributed by atoms with Crippen LogP contribution in [0.5, 0.6) is 11.5 Å². The summed E-state index contributed by atoms with van der Waals surface area (Å²) in [5.74, 6) is 0.379. The predicted molar refractivity (Wildman–Crippen MR) is 115 cm³/mol. The van der Waals surface area contributed by atoms with Gasteiger partial charge < -0.3 is 19.3 Å². The van der Waals surface area contributed by atoms with Crippen molar-refractivity contribution in [1.29, 1.82) is 0 Å². The molecule has 2 amide bonds. The second-order valence-corrected chi connectivity index (χ2v) is 7.28. The number of piperazine rings is 1. The summed E-state index contributed by atoms with van der Waals surface area (Å²) < 4.78 is 25.1. The van der Waals surface area contributed by atoms with E-state index in [1.807, 2.05) is 0 Å². The highest BCUT2D eigenvalue weighted by Crippen LogP contribution is 2.28. The Morgan fingerprint density at radius 3 is 2.09 bits per heavy atom. The minimum absolute atomic E-state index is 0.126. The molecule has 1 aromatic heterocycles. The van der Waals surface area contributed by atoms with E-state index in [2.05, 4.69) is 5.10 Å². The smallest absolute Gasteiger partial charge is 0.274 e. The maximum Gasteiger partial charge on any atom is 0.274 e. The van der Waals surface area contributed by atoms with E-state index in [4.69, 9.17) is 9.47 Å². The highest BCUT2D eigenvalue weighted by atomic mass is 19.1. The summed E-state index contributed by atoms with van der Waals surface area (Å²) in [7, 11) is 3.06. The van der Waals surface area contributed by atoms with Gasteiger partial charge in [-0.05, 0) is 48.5 Å². The summed E-state index contributed by atoms with van der Waals surface area (Å²) in [6, 6.07) is 12.5. The van der Waals surface area contributed by atoms with Gasteiger partial charge in [-0.2, -0.15) is 5.10 Å². The fraction of sp³-hybridized carbons (Fsp3) is 0.261. The van der Waals surface area contributed by atoms with Gasteiger partial charge in [-0.3, -0.25) is 9.59 Å². The Hall–Kier alpha value is -3.88. The Bertz CT molecular complexity index is 1120. The number of carbonyl (C=O) groups is 2. The molecule has 9 heteroatoms. The fourth-order valence-electron chi connectivity index (χ4n) is 3.60. The Balaban J connectivity index is 1.39. The first-order chi connectivity index (χ1) is 15.5. The van der Waals surface area contributed by atoms with Crippen LogP contribution in [-0.2, 0) is 0 Å². The Kier molecular flexibility index (Phi) is 6.07. The molecular formula is C23H23FN4O4. The van der Waals surface area contributed by atoms with Gasteiger partial charge in [0.2, 0.25) is 0 Å². The summed E-state index contributed by atoms with van der Waals surface area (Å²) in [6.45, 7) is 1.64. The van der Waals surface area contributed by atoms with Crippen LogP contribution < -0.4 is 9.47 Å². The van der Waals surface area contributed by atoms with Crippen molar-refractivity contribution in [2.45, 2.75) is 0 Å². The number of methoxy groups -OCH3 is 2.